The predicted octanol–water partition coefficient (Wildman–Crippen LogP) is 5.32. The first-order valence-corrected chi connectivity index (χ1v) is 6.88. The van der Waals surface area contributed by atoms with Gasteiger partial charge in [-0.05, 0) is 18.4 Å². The van der Waals surface area contributed by atoms with Gasteiger partial charge in [0.25, 0.3) is 0 Å². The van der Waals surface area contributed by atoms with Gasteiger partial charge in [0.05, 0.1) is 17.1 Å². The molecule has 1 atom stereocenters. The van der Waals surface area contributed by atoms with E-state index in [1.165, 1.54) is 6.26 Å². The molecule has 0 saturated heterocycles. The third kappa shape index (κ3) is 3.88. The first-order chi connectivity index (χ1) is 9.32. The SMILES string of the molecule is CSc1cc(C(F)(CC(F)(F)F)C(F)(F)F)cc(Cl)c1N. The van der Waals surface area contributed by atoms with Gasteiger partial charge in [0.15, 0.2) is 0 Å². The van der Waals surface area contributed by atoms with Crippen LogP contribution in [0.4, 0.5) is 36.4 Å². The van der Waals surface area contributed by atoms with Crippen LogP contribution in [0, 0.1) is 0 Å². The minimum atomic E-state index is -5.75. The van der Waals surface area contributed by atoms with Gasteiger partial charge in [-0.1, -0.05) is 11.6 Å². The van der Waals surface area contributed by atoms with Gasteiger partial charge in [-0.2, -0.15) is 26.3 Å². The summed E-state index contributed by atoms with van der Waals surface area (Å²) in [4.78, 5) is -0.0362. The Morgan fingerprint density at radius 2 is 1.62 bits per heavy atom. The fraction of sp³-hybridized carbons (Fsp3) is 0.455. The molecule has 1 rings (SSSR count). The highest BCUT2D eigenvalue weighted by atomic mass is 35.5. The summed E-state index contributed by atoms with van der Waals surface area (Å²) in [5.74, 6) is 0. The van der Waals surface area contributed by atoms with E-state index in [9.17, 15) is 30.7 Å². The van der Waals surface area contributed by atoms with Crippen LogP contribution in [0.1, 0.15) is 12.0 Å². The number of nitrogens with two attached hydrogens (primary N) is 1. The molecule has 0 heterocycles. The smallest absolute Gasteiger partial charge is 0.397 e. The molecule has 0 bridgehead atoms. The molecule has 0 aliphatic carbocycles. The number of alkyl halides is 7. The molecule has 0 spiro atoms. The molecule has 1 aromatic rings. The quantitative estimate of drug-likeness (QED) is 0.451. The van der Waals surface area contributed by atoms with Crippen molar-refractivity contribution < 1.29 is 30.7 Å². The Bertz CT molecular complexity index is 529. The van der Waals surface area contributed by atoms with Crippen molar-refractivity contribution in [2.75, 3.05) is 12.0 Å². The highest BCUT2D eigenvalue weighted by Crippen LogP contribution is 2.50. The summed E-state index contributed by atoms with van der Waals surface area (Å²) in [5, 5.41) is -0.440. The van der Waals surface area contributed by atoms with Crippen molar-refractivity contribution in [1.82, 2.24) is 0 Å². The molecule has 0 amide bonds. The van der Waals surface area contributed by atoms with E-state index in [-0.39, 0.29) is 10.6 Å². The summed E-state index contributed by atoms with van der Waals surface area (Å²) in [6.07, 6.45) is -12.4. The van der Waals surface area contributed by atoms with E-state index in [1.54, 1.807) is 0 Å². The van der Waals surface area contributed by atoms with Crippen LogP contribution in [0.25, 0.3) is 0 Å². The second-order valence-corrected chi connectivity index (χ2v) is 5.42. The average molecular weight is 356 g/mol. The van der Waals surface area contributed by atoms with Crippen molar-refractivity contribution in [3.05, 3.63) is 22.7 Å². The minimum absolute atomic E-state index is 0.0362. The van der Waals surface area contributed by atoms with E-state index in [4.69, 9.17) is 17.3 Å². The van der Waals surface area contributed by atoms with Crippen LogP contribution in [0.3, 0.4) is 0 Å². The lowest BCUT2D eigenvalue weighted by Crippen LogP contribution is -2.42. The van der Waals surface area contributed by atoms with E-state index < -0.39 is 35.0 Å². The molecule has 0 fully saturated rings. The Morgan fingerprint density at radius 3 is 2.00 bits per heavy atom. The van der Waals surface area contributed by atoms with Gasteiger partial charge in [0.2, 0.25) is 5.67 Å². The number of hydrogen-bond donors (Lipinski definition) is 1. The average Bonchev–Trinajstić information content (AvgIpc) is 2.28. The minimum Gasteiger partial charge on any atom is -0.397 e. The van der Waals surface area contributed by atoms with Crippen molar-refractivity contribution in [3.8, 4) is 0 Å². The largest absolute Gasteiger partial charge is 0.427 e. The molecule has 1 unspecified atom stereocenters. The van der Waals surface area contributed by atoms with E-state index in [0.717, 1.165) is 11.8 Å². The molecule has 0 aliphatic heterocycles. The molecule has 0 radical (unpaired) electrons. The van der Waals surface area contributed by atoms with Crippen LogP contribution in [-0.4, -0.2) is 18.6 Å². The van der Waals surface area contributed by atoms with Gasteiger partial charge in [-0.15, -0.1) is 11.8 Å². The predicted molar refractivity (Wildman–Crippen MR) is 67.2 cm³/mol. The van der Waals surface area contributed by atoms with Crippen LogP contribution in [-0.2, 0) is 5.67 Å². The molecule has 10 heteroatoms. The Hall–Kier alpha value is -0.830. The first-order valence-electron chi connectivity index (χ1n) is 5.27. The lowest BCUT2D eigenvalue weighted by Gasteiger charge is -2.30. The molecule has 120 valence electrons. The molecule has 1 aromatic carbocycles. The van der Waals surface area contributed by atoms with Gasteiger partial charge in [0, 0.05) is 10.5 Å². The van der Waals surface area contributed by atoms with E-state index in [0.29, 0.717) is 12.1 Å². The number of halogens is 8. The second kappa shape index (κ2) is 5.75. The van der Waals surface area contributed by atoms with E-state index >= 15 is 0 Å². The van der Waals surface area contributed by atoms with Crippen LogP contribution in [0.15, 0.2) is 17.0 Å². The monoisotopic (exact) mass is 355 g/mol. The number of hydrogen-bond acceptors (Lipinski definition) is 2. The van der Waals surface area contributed by atoms with Crippen LogP contribution in [0.2, 0.25) is 5.02 Å². The van der Waals surface area contributed by atoms with Crippen molar-refractivity contribution in [2.45, 2.75) is 29.3 Å². The van der Waals surface area contributed by atoms with Crippen LogP contribution < -0.4 is 5.73 Å². The van der Waals surface area contributed by atoms with Crippen molar-refractivity contribution in [2.24, 2.45) is 0 Å². The number of thioether (sulfide) groups is 1. The standard InChI is InChI=1S/C11H9ClF7NS/c1-21-7-3-5(2-6(12)8(7)20)9(13,11(17,18)19)4-10(14,15)16/h2-3H,4,20H2,1H3. The summed E-state index contributed by atoms with van der Waals surface area (Å²) >= 11 is 6.42. The van der Waals surface area contributed by atoms with E-state index in [2.05, 4.69) is 0 Å². The molecule has 0 aliphatic rings. The fourth-order valence-corrected chi connectivity index (χ4v) is 2.48. The van der Waals surface area contributed by atoms with Crippen LogP contribution >= 0.6 is 23.4 Å². The van der Waals surface area contributed by atoms with Gasteiger partial charge in [0.1, 0.15) is 0 Å². The van der Waals surface area contributed by atoms with Crippen LogP contribution in [0.5, 0.6) is 0 Å². The van der Waals surface area contributed by atoms with E-state index in [1.807, 2.05) is 0 Å². The van der Waals surface area contributed by atoms with Gasteiger partial charge in [-0.25, -0.2) is 4.39 Å². The summed E-state index contributed by atoms with van der Waals surface area (Å²) in [5.41, 5.74) is -0.474. The second-order valence-electron chi connectivity index (χ2n) is 4.16. The maximum absolute atomic E-state index is 14.2. The molecular formula is C11H9ClF7NS. The Kier molecular flexibility index (Phi) is 4.99. The lowest BCUT2D eigenvalue weighted by molar-refractivity contribution is -0.273. The topological polar surface area (TPSA) is 26.0 Å². The lowest BCUT2D eigenvalue weighted by atomic mass is 9.91. The van der Waals surface area contributed by atoms with Gasteiger partial charge >= 0.3 is 12.4 Å². The molecule has 2 N–H and O–H groups in total. The highest BCUT2D eigenvalue weighted by Gasteiger charge is 2.62. The van der Waals surface area contributed by atoms with Crippen molar-refractivity contribution in [3.63, 3.8) is 0 Å². The van der Waals surface area contributed by atoms with Gasteiger partial charge in [-0.3, -0.25) is 0 Å². The highest BCUT2D eigenvalue weighted by molar-refractivity contribution is 7.98. The van der Waals surface area contributed by atoms with Crippen molar-refractivity contribution in [1.29, 1.82) is 0 Å². The molecule has 1 nitrogen and oxygen atoms in total. The third-order valence-electron chi connectivity index (χ3n) is 2.66. The molecule has 21 heavy (non-hydrogen) atoms. The Labute approximate surface area is 124 Å². The number of anilines is 1. The number of rotatable bonds is 3. The van der Waals surface area contributed by atoms with Gasteiger partial charge < -0.3 is 5.73 Å². The normalized spacial score (nSPS) is 15.9. The fourth-order valence-electron chi connectivity index (χ4n) is 1.63. The third-order valence-corrected chi connectivity index (χ3v) is 3.75. The Morgan fingerprint density at radius 1 is 1.10 bits per heavy atom. The maximum Gasteiger partial charge on any atom is 0.427 e. The van der Waals surface area contributed by atoms with Crippen molar-refractivity contribution >= 4 is 29.1 Å². The maximum atomic E-state index is 14.2. The number of nitrogen functional groups attached to an aromatic ring is 1. The zero-order chi connectivity index (χ0) is 16.6. The molecule has 0 aromatic heterocycles. The summed E-state index contributed by atoms with van der Waals surface area (Å²) < 4.78 is 89.7. The zero-order valence-electron chi connectivity index (χ0n) is 10.4. The summed E-state index contributed by atoms with van der Waals surface area (Å²) in [6, 6.07) is 1.10. The number of benzene rings is 1. The molecule has 0 saturated carbocycles. The zero-order valence-corrected chi connectivity index (χ0v) is 11.9. The summed E-state index contributed by atoms with van der Waals surface area (Å²) in [6.45, 7) is 0. The Balaban J connectivity index is 3.51. The molecular weight excluding hydrogens is 347 g/mol. The first kappa shape index (κ1) is 18.2. The summed E-state index contributed by atoms with van der Waals surface area (Å²) in [7, 11) is 0.